The van der Waals surface area contributed by atoms with E-state index in [2.05, 4.69) is 5.32 Å². The summed E-state index contributed by atoms with van der Waals surface area (Å²) in [7, 11) is 0. The van der Waals surface area contributed by atoms with E-state index in [1.807, 2.05) is 30.3 Å². The Morgan fingerprint density at radius 2 is 2.03 bits per heavy atom. The zero-order valence-corrected chi connectivity index (χ0v) is 18.2. The van der Waals surface area contributed by atoms with Gasteiger partial charge < -0.3 is 19.5 Å². The molecule has 1 amide bonds. The number of hydrogen-bond acceptors (Lipinski definition) is 6. The van der Waals surface area contributed by atoms with Crippen molar-refractivity contribution in [3.05, 3.63) is 35.9 Å². The molecular formula is C23H32N2O6. The van der Waals surface area contributed by atoms with E-state index in [1.165, 1.54) is 4.90 Å². The molecule has 2 N–H and O–H groups in total. The number of aryl methyl sites for hydroxylation is 1. The fraction of sp³-hybridized carbons (Fsp3) is 0.609. The lowest BCUT2D eigenvalue weighted by Gasteiger charge is -2.33. The van der Waals surface area contributed by atoms with Crippen LogP contribution >= 0.6 is 0 Å². The lowest BCUT2D eigenvalue weighted by molar-refractivity contribution is -0.157. The fourth-order valence-electron chi connectivity index (χ4n) is 4.68. The predicted molar refractivity (Wildman–Crippen MR) is 113 cm³/mol. The van der Waals surface area contributed by atoms with E-state index in [-0.39, 0.29) is 12.5 Å². The largest absolute Gasteiger partial charge is 0.480 e. The van der Waals surface area contributed by atoms with Crippen LogP contribution in [-0.2, 0) is 30.3 Å². The molecule has 0 saturated carbocycles. The van der Waals surface area contributed by atoms with E-state index >= 15 is 0 Å². The first kappa shape index (κ1) is 23.2. The maximum Gasteiger partial charge on any atom is 0.329 e. The minimum Gasteiger partial charge on any atom is -0.480 e. The van der Waals surface area contributed by atoms with Crippen LogP contribution in [0.3, 0.4) is 0 Å². The van der Waals surface area contributed by atoms with Gasteiger partial charge in [0, 0.05) is 13.2 Å². The van der Waals surface area contributed by atoms with E-state index < -0.39 is 35.7 Å². The molecule has 2 heterocycles. The van der Waals surface area contributed by atoms with Crippen LogP contribution in [0.5, 0.6) is 0 Å². The number of aliphatic carboxylic acids is 1. The lowest BCUT2D eigenvalue weighted by Crippen LogP contribution is -2.57. The van der Waals surface area contributed by atoms with Gasteiger partial charge in [-0.05, 0) is 51.5 Å². The number of hydrogen-bond donors (Lipinski definition) is 2. The van der Waals surface area contributed by atoms with Gasteiger partial charge in [-0.25, -0.2) is 4.79 Å². The number of likely N-dealkylation sites (tertiary alicyclic amines) is 1. The van der Waals surface area contributed by atoms with Gasteiger partial charge in [0.1, 0.15) is 11.6 Å². The number of nitrogens with one attached hydrogen (secondary N) is 1. The van der Waals surface area contributed by atoms with E-state index in [0.717, 1.165) is 12.0 Å². The topological polar surface area (TPSA) is 105 Å². The number of rotatable bonds is 9. The molecule has 1 aromatic carbocycles. The van der Waals surface area contributed by atoms with Crippen LogP contribution in [-0.4, -0.2) is 71.3 Å². The van der Waals surface area contributed by atoms with Crippen molar-refractivity contribution >= 4 is 17.8 Å². The first-order valence-electron chi connectivity index (χ1n) is 11.0. The Labute approximate surface area is 182 Å². The van der Waals surface area contributed by atoms with Crippen molar-refractivity contribution < 1.29 is 29.0 Å². The number of amides is 1. The Kier molecular flexibility index (Phi) is 7.67. The summed E-state index contributed by atoms with van der Waals surface area (Å²) in [5, 5.41) is 12.9. The van der Waals surface area contributed by atoms with Crippen molar-refractivity contribution in [3.63, 3.8) is 0 Å². The summed E-state index contributed by atoms with van der Waals surface area (Å²) in [5.74, 6) is -1.80. The molecule has 0 aromatic heterocycles. The average molecular weight is 433 g/mol. The first-order chi connectivity index (χ1) is 14.9. The van der Waals surface area contributed by atoms with Gasteiger partial charge in [-0.2, -0.15) is 0 Å². The molecule has 2 aliphatic heterocycles. The minimum absolute atomic E-state index is 0.248. The smallest absolute Gasteiger partial charge is 0.329 e. The van der Waals surface area contributed by atoms with E-state index in [4.69, 9.17) is 9.47 Å². The number of carboxylic acid groups (broad SMARTS) is 1. The number of nitrogens with zero attached hydrogens (tertiary/aromatic N) is 1. The molecule has 8 heteroatoms. The van der Waals surface area contributed by atoms with Crippen LogP contribution in [0.15, 0.2) is 30.3 Å². The monoisotopic (exact) mass is 432 g/mol. The summed E-state index contributed by atoms with van der Waals surface area (Å²) in [6.07, 6.45) is 3.06. The van der Waals surface area contributed by atoms with Crippen LogP contribution in [0, 0.1) is 0 Å². The number of benzene rings is 1. The summed E-state index contributed by atoms with van der Waals surface area (Å²) >= 11 is 0. The van der Waals surface area contributed by atoms with Crippen LogP contribution in [0.4, 0.5) is 0 Å². The number of carbonyl (C=O) groups excluding carboxylic acids is 2. The lowest BCUT2D eigenvalue weighted by atomic mass is 9.91. The van der Waals surface area contributed by atoms with Gasteiger partial charge in [0.25, 0.3) is 0 Å². The van der Waals surface area contributed by atoms with Gasteiger partial charge in [0.05, 0.1) is 12.6 Å². The molecule has 8 nitrogen and oxygen atoms in total. The highest BCUT2D eigenvalue weighted by Crippen LogP contribution is 2.40. The summed E-state index contributed by atoms with van der Waals surface area (Å²) in [5.41, 5.74) is 0.290. The standard InChI is InChI=1S/C23H32N2O6/c1-3-30-22(29)18(11-10-17-8-5-4-6-9-17)24-16(2)20(26)25-14-13-23(12-7-15-31-23)19(25)21(27)28/h4-6,8-9,16,18-19,24H,3,7,10-15H2,1-2H3,(H,27,28)/t16?,18-,19+,23?/m0/s1. The van der Waals surface area contributed by atoms with Gasteiger partial charge in [0.2, 0.25) is 5.91 Å². The molecule has 2 saturated heterocycles. The molecular weight excluding hydrogens is 400 g/mol. The number of ether oxygens (including phenoxy) is 2. The molecule has 4 atom stereocenters. The third-order valence-corrected chi connectivity index (χ3v) is 6.19. The van der Waals surface area contributed by atoms with E-state index in [1.54, 1.807) is 13.8 Å². The van der Waals surface area contributed by atoms with Crippen molar-refractivity contribution in [3.8, 4) is 0 Å². The van der Waals surface area contributed by atoms with Crippen molar-refractivity contribution in [1.29, 1.82) is 0 Å². The Bertz CT molecular complexity index is 778. The van der Waals surface area contributed by atoms with Crippen molar-refractivity contribution in [1.82, 2.24) is 10.2 Å². The summed E-state index contributed by atoms with van der Waals surface area (Å²) in [6.45, 7) is 4.50. The quantitative estimate of drug-likeness (QED) is 0.573. The van der Waals surface area contributed by atoms with Gasteiger partial charge in [-0.1, -0.05) is 30.3 Å². The highest BCUT2D eigenvalue weighted by atomic mass is 16.5. The third kappa shape index (κ3) is 5.25. The first-order valence-corrected chi connectivity index (χ1v) is 11.0. The van der Waals surface area contributed by atoms with Gasteiger partial charge in [-0.3, -0.25) is 14.9 Å². The van der Waals surface area contributed by atoms with Crippen molar-refractivity contribution in [2.24, 2.45) is 0 Å². The highest BCUT2D eigenvalue weighted by molar-refractivity contribution is 5.89. The molecule has 170 valence electrons. The number of carboxylic acids is 1. The van der Waals surface area contributed by atoms with Crippen LogP contribution < -0.4 is 5.32 Å². The molecule has 0 aliphatic carbocycles. The van der Waals surface area contributed by atoms with Crippen LogP contribution in [0.2, 0.25) is 0 Å². The van der Waals surface area contributed by atoms with Crippen molar-refractivity contribution in [2.75, 3.05) is 19.8 Å². The molecule has 3 rings (SSSR count). The zero-order chi connectivity index (χ0) is 22.4. The SMILES string of the molecule is CCOC(=O)[C@H](CCc1ccccc1)NC(C)C(=O)N1CCC2(CCCO2)[C@H]1C(=O)O. The van der Waals surface area contributed by atoms with Crippen molar-refractivity contribution in [2.45, 2.75) is 69.7 Å². The predicted octanol–water partition coefficient (Wildman–Crippen LogP) is 1.76. The summed E-state index contributed by atoms with van der Waals surface area (Å²) < 4.78 is 11.0. The zero-order valence-electron chi connectivity index (χ0n) is 18.2. The third-order valence-electron chi connectivity index (χ3n) is 6.19. The molecule has 1 aromatic rings. The normalized spacial score (nSPS) is 24.8. The second kappa shape index (κ2) is 10.2. The molecule has 31 heavy (non-hydrogen) atoms. The fourth-order valence-corrected chi connectivity index (χ4v) is 4.68. The Balaban J connectivity index is 1.68. The van der Waals surface area contributed by atoms with Crippen LogP contribution in [0.25, 0.3) is 0 Å². The molecule has 2 fully saturated rings. The molecule has 2 aliphatic rings. The molecule has 2 unspecified atom stereocenters. The Morgan fingerprint density at radius 3 is 2.65 bits per heavy atom. The summed E-state index contributed by atoms with van der Waals surface area (Å²) in [4.78, 5) is 39.1. The van der Waals surface area contributed by atoms with Gasteiger partial charge in [-0.15, -0.1) is 0 Å². The minimum atomic E-state index is -1.05. The second-order valence-electron chi connectivity index (χ2n) is 8.26. The highest BCUT2D eigenvalue weighted by Gasteiger charge is 2.56. The van der Waals surface area contributed by atoms with Crippen LogP contribution in [0.1, 0.15) is 45.1 Å². The number of carbonyl (C=O) groups is 3. The summed E-state index contributed by atoms with van der Waals surface area (Å²) in [6, 6.07) is 7.38. The van der Waals surface area contributed by atoms with E-state index in [0.29, 0.717) is 38.8 Å². The van der Waals surface area contributed by atoms with Gasteiger partial charge in [0.15, 0.2) is 6.04 Å². The van der Waals surface area contributed by atoms with E-state index in [9.17, 15) is 19.5 Å². The molecule has 0 radical (unpaired) electrons. The maximum atomic E-state index is 13.2. The second-order valence-corrected chi connectivity index (χ2v) is 8.26. The average Bonchev–Trinajstić information content (AvgIpc) is 3.38. The molecule has 1 spiro atoms. The Hall–Kier alpha value is -2.45. The molecule has 0 bridgehead atoms. The maximum absolute atomic E-state index is 13.2. The van der Waals surface area contributed by atoms with Gasteiger partial charge >= 0.3 is 11.9 Å². The Morgan fingerprint density at radius 1 is 1.29 bits per heavy atom. The number of esters is 1.